The zero-order valence-electron chi connectivity index (χ0n) is 12.5. The van der Waals surface area contributed by atoms with Gasteiger partial charge in [0.25, 0.3) is 0 Å². The molecule has 1 aromatic carbocycles. The highest BCUT2D eigenvalue weighted by molar-refractivity contribution is 5.22. The van der Waals surface area contributed by atoms with Gasteiger partial charge in [-0.3, -0.25) is 4.90 Å². The van der Waals surface area contributed by atoms with Crippen molar-refractivity contribution in [3.8, 4) is 5.88 Å². The maximum atomic E-state index is 5.74. The SMILES string of the molecule is CCN1CCC[C@H]1c1ccc(OCc2ccccc2)nc1. The molecule has 1 aliphatic heterocycles. The largest absolute Gasteiger partial charge is 0.473 e. The molecule has 2 heterocycles. The first-order chi connectivity index (χ1) is 10.4. The minimum absolute atomic E-state index is 0.533. The fraction of sp³-hybridized carbons (Fsp3) is 0.389. The Morgan fingerprint density at radius 3 is 2.76 bits per heavy atom. The predicted octanol–water partition coefficient (Wildman–Crippen LogP) is 3.82. The van der Waals surface area contributed by atoms with Crippen molar-refractivity contribution in [3.05, 3.63) is 59.8 Å². The summed E-state index contributed by atoms with van der Waals surface area (Å²) in [6.07, 6.45) is 4.49. The van der Waals surface area contributed by atoms with E-state index in [1.54, 1.807) is 0 Å². The third kappa shape index (κ3) is 3.42. The molecule has 1 fully saturated rings. The van der Waals surface area contributed by atoms with Crippen LogP contribution in [-0.2, 0) is 6.61 Å². The summed E-state index contributed by atoms with van der Waals surface area (Å²) in [5, 5.41) is 0. The van der Waals surface area contributed by atoms with E-state index in [4.69, 9.17) is 4.74 Å². The van der Waals surface area contributed by atoms with Crippen molar-refractivity contribution < 1.29 is 4.74 Å². The van der Waals surface area contributed by atoms with Gasteiger partial charge in [0.1, 0.15) is 6.61 Å². The van der Waals surface area contributed by atoms with Crippen molar-refractivity contribution in [1.29, 1.82) is 0 Å². The van der Waals surface area contributed by atoms with E-state index in [1.165, 1.54) is 24.9 Å². The van der Waals surface area contributed by atoms with Gasteiger partial charge >= 0.3 is 0 Å². The lowest BCUT2D eigenvalue weighted by Crippen LogP contribution is -2.22. The lowest BCUT2D eigenvalue weighted by molar-refractivity contribution is 0.269. The van der Waals surface area contributed by atoms with E-state index >= 15 is 0 Å². The number of rotatable bonds is 5. The van der Waals surface area contributed by atoms with Crippen LogP contribution < -0.4 is 4.74 Å². The normalized spacial score (nSPS) is 18.8. The molecule has 0 unspecified atom stereocenters. The third-order valence-corrected chi connectivity index (χ3v) is 4.14. The molecule has 110 valence electrons. The lowest BCUT2D eigenvalue weighted by Gasteiger charge is -2.22. The molecule has 0 bridgehead atoms. The molecule has 1 atom stereocenters. The van der Waals surface area contributed by atoms with Crippen LogP contribution in [0.3, 0.4) is 0 Å². The molecule has 3 heteroatoms. The van der Waals surface area contributed by atoms with Crippen molar-refractivity contribution in [2.24, 2.45) is 0 Å². The second-order valence-electron chi connectivity index (χ2n) is 5.49. The van der Waals surface area contributed by atoms with Crippen LogP contribution in [0.2, 0.25) is 0 Å². The number of likely N-dealkylation sites (tertiary alicyclic amines) is 1. The van der Waals surface area contributed by atoms with Gasteiger partial charge in [-0.2, -0.15) is 0 Å². The van der Waals surface area contributed by atoms with Gasteiger partial charge in [-0.05, 0) is 37.1 Å². The second kappa shape index (κ2) is 6.72. The maximum Gasteiger partial charge on any atom is 0.213 e. The molecule has 0 amide bonds. The zero-order chi connectivity index (χ0) is 14.5. The molecule has 3 nitrogen and oxygen atoms in total. The fourth-order valence-corrected chi connectivity index (χ4v) is 2.99. The standard InChI is InChI=1S/C18H22N2O/c1-2-20-12-6-9-17(20)16-10-11-18(19-13-16)21-14-15-7-4-3-5-8-15/h3-5,7-8,10-11,13,17H,2,6,9,12,14H2,1H3/t17-/m0/s1. The Labute approximate surface area is 126 Å². The van der Waals surface area contributed by atoms with Crippen LogP contribution in [-0.4, -0.2) is 23.0 Å². The first-order valence-corrected chi connectivity index (χ1v) is 7.73. The summed E-state index contributed by atoms with van der Waals surface area (Å²) in [4.78, 5) is 6.97. The van der Waals surface area contributed by atoms with Crippen LogP contribution in [0.1, 0.15) is 36.9 Å². The van der Waals surface area contributed by atoms with Gasteiger partial charge < -0.3 is 4.74 Å². The zero-order valence-corrected chi connectivity index (χ0v) is 12.5. The highest BCUT2D eigenvalue weighted by Gasteiger charge is 2.24. The molecule has 1 aromatic heterocycles. The van der Waals surface area contributed by atoms with E-state index in [-0.39, 0.29) is 0 Å². The van der Waals surface area contributed by atoms with Crippen molar-refractivity contribution in [3.63, 3.8) is 0 Å². The monoisotopic (exact) mass is 282 g/mol. The topological polar surface area (TPSA) is 25.4 Å². The van der Waals surface area contributed by atoms with E-state index in [1.807, 2.05) is 30.5 Å². The number of benzene rings is 1. The molecular formula is C18H22N2O. The van der Waals surface area contributed by atoms with Crippen LogP contribution in [0.15, 0.2) is 48.7 Å². The highest BCUT2D eigenvalue weighted by Crippen LogP contribution is 2.31. The summed E-state index contributed by atoms with van der Waals surface area (Å²) in [6.45, 7) is 5.10. The van der Waals surface area contributed by atoms with Crippen LogP contribution in [0.25, 0.3) is 0 Å². The van der Waals surface area contributed by atoms with Gasteiger partial charge in [-0.25, -0.2) is 4.98 Å². The smallest absolute Gasteiger partial charge is 0.213 e. The van der Waals surface area contributed by atoms with E-state index in [9.17, 15) is 0 Å². The van der Waals surface area contributed by atoms with Gasteiger partial charge in [0.15, 0.2) is 0 Å². The lowest BCUT2D eigenvalue weighted by atomic mass is 10.1. The summed E-state index contributed by atoms with van der Waals surface area (Å²) in [7, 11) is 0. The van der Waals surface area contributed by atoms with Crippen molar-refractivity contribution in [1.82, 2.24) is 9.88 Å². The molecule has 2 aromatic rings. The van der Waals surface area contributed by atoms with Crippen LogP contribution >= 0.6 is 0 Å². The molecule has 0 radical (unpaired) electrons. The van der Waals surface area contributed by atoms with Crippen molar-refractivity contribution in [2.45, 2.75) is 32.4 Å². The Hall–Kier alpha value is -1.87. The molecule has 0 aliphatic carbocycles. The summed E-state index contributed by atoms with van der Waals surface area (Å²) in [6, 6.07) is 14.9. The number of hydrogen-bond acceptors (Lipinski definition) is 3. The Balaban J connectivity index is 1.61. The molecule has 21 heavy (non-hydrogen) atoms. The predicted molar refractivity (Wildman–Crippen MR) is 84.2 cm³/mol. The first-order valence-electron chi connectivity index (χ1n) is 7.73. The molecule has 0 N–H and O–H groups in total. The quantitative estimate of drug-likeness (QED) is 0.833. The number of nitrogens with zero attached hydrogens (tertiary/aromatic N) is 2. The molecular weight excluding hydrogens is 260 g/mol. The fourth-order valence-electron chi connectivity index (χ4n) is 2.99. The van der Waals surface area contributed by atoms with Crippen LogP contribution in [0, 0.1) is 0 Å². The van der Waals surface area contributed by atoms with E-state index in [2.05, 4.69) is 35.0 Å². The minimum Gasteiger partial charge on any atom is -0.473 e. The van der Waals surface area contributed by atoms with E-state index in [0.29, 0.717) is 18.5 Å². The maximum absolute atomic E-state index is 5.74. The number of pyridine rings is 1. The molecule has 1 aliphatic rings. The van der Waals surface area contributed by atoms with Gasteiger partial charge in [-0.1, -0.05) is 43.3 Å². The Kier molecular flexibility index (Phi) is 4.51. The minimum atomic E-state index is 0.533. The Morgan fingerprint density at radius 1 is 1.19 bits per heavy atom. The van der Waals surface area contributed by atoms with Gasteiger partial charge in [0.05, 0.1) is 0 Å². The molecule has 0 saturated carbocycles. The first kappa shape index (κ1) is 14.1. The van der Waals surface area contributed by atoms with Crippen molar-refractivity contribution in [2.75, 3.05) is 13.1 Å². The third-order valence-electron chi connectivity index (χ3n) is 4.14. The summed E-state index contributed by atoms with van der Waals surface area (Å²) in [5.74, 6) is 0.698. The average Bonchev–Trinajstić information content (AvgIpc) is 3.03. The average molecular weight is 282 g/mol. The van der Waals surface area contributed by atoms with Crippen molar-refractivity contribution >= 4 is 0 Å². The summed E-state index contributed by atoms with van der Waals surface area (Å²) < 4.78 is 5.74. The summed E-state index contributed by atoms with van der Waals surface area (Å²) >= 11 is 0. The van der Waals surface area contributed by atoms with E-state index in [0.717, 1.165) is 12.1 Å². The van der Waals surface area contributed by atoms with Crippen LogP contribution in [0.4, 0.5) is 0 Å². The Bertz CT molecular complexity index is 553. The van der Waals surface area contributed by atoms with Crippen LogP contribution in [0.5, 0.6) is 5.88 Å². The molecule has 3 rings (SSSR count). The number of ether oxygens (including phenoxy) is 1. The summed E-state index contributed by atoms with van der Waals surface area (Å²) in [5.41, 5.74) is 2.47. The van der Waals surface area contributed by atoms with E-state index < -0.39 is 0 Å². The number of hydrogen-bond donors (Lipinski definition) is 0. The van der Waals surface area contributed by atoms with Gasteiger partial charge in [0, 0.05) is 18.3 Å². The van der Waals surface area contributed by atoms with Gasteiger partial charge in [-0.15, -0.1) is 0 Å². The Morgan fingerprint density at radius 2 is 2.05 bits per heavy atom. The molecule has 1 saturated heterocycles. The molecule has 0 spiro atoms. The van der Waals surface area contributed by atoms with Gasteiger partial charge in [0.2, 0.25) is 5.88 Å². The second-order valence-corrected chi connectivity index (χ2v) is 5.49. The number of aromatic nitrogens is 1. The highest BCUT2D eigenvalue weighted by atomic mass is 16.5.